The number of nitrogens with one attached hydrogen (secondary N) is 2. The van der Waals surface area contributed by atoms with E-state index in [2.05, 4.69) is 10.6 Å². The van der Waals surface area contributed by atoms with Crippen LogP contribution in [-0.2, 0) is 4.79 Å². The van der Waals surface area contributed by atoms with Gasteiger partial charge in [-0.2, -0.15) is 0 Å². The van der Waals surface area contributed by atoms with Crippen molar-refractivity contribution >= 4 is 12.0 Å². The van der Waals surface area contributed by atoms with Crippen LogP contribution in [-0.4, -0.2) is 29.2 Å². The Morgan fingerprint density at radius 2 is 1.75 bits per heavy atom. The molecule has 0 aliphatic heterocycles. The van der Waals surface area contributed by atoms with Gasteiger partial charge in [0.15, 0.2) is 0 Å². The van der Waals surface area contributed by atoms with Gasteiger partial charge in [0, 0.05) is 6.04 Å². The number of urea groups is 1. The fourth-order valence-corrected chi connectivity index (χ4v) is 0.951. The molecule has 0 heterocycles. The summed E-state index contributed by atoms with van der Waals surface area (Å²) in [5, 5.41) is 13.9. The zero-order valence-electron chi connectivity index (χ0n) is 10.6. The van der Waals surface area contributed by atoms with Gasteiger partial charge in [-0.05, 0) is 18.8 Å². The first-order chi connectivity index (χ1) is 7.18. The molecule has 0 aromatic rings. The predicted octanol–water partition coefficient (Wildman–Crippen LogP) is 1.58. The zero-order valence-corrected chi connectivity index (χ0v) is 10.6. The van der Waals surface area contributed by atoms with Gasteiger partial charge in [0.2, 0.25) is 0 Å². The van der Waals surface area contributed by atoms with Gasteiger partial charge >= 0.3 is 12.0 Å². The number of rotatable bonds is 4. The van der Waals surface area contributed by atoms with Crippen LogP contribution in [0.2, 0.25) is 0 Å². The lowest BCUT2D eigenvalue weighted by Gasteiger charge is -2.28. The van der Waals surface area contributed by atoms with Crippen LogP contribution in [0, 0.1) is 5.41 Å². The molecule has 2 amide bonds. The molecule has 0 bridgehead atoms. The van der Waals surface area contributed by atoms with E-state index in [4.69, 9.17) is 5.11 Å². The lowest BCUT2D eigenvalue weighted by Crippen LogP contribution is -2.51. The van der Waals surface area contributed by atoms with Gasteiger partial charge in [0.05, 0.1) is 0 Å². The summed E-state index contributed by atoms with van der Waals surface area (Å²) in [6.07, 6.45) is 0.368. The van der Waals surface area contributed by atoms with Gasteiger partial charge in [0.25, 0.3) is 0 Å². The molecule has 0 saturated carbocycles. The molecular weight excluding hydrogens is 208 g/mol. The van der Waals surface area contributed by atoms with Crippen molar-refractivity contribution in [2.24, 2.45) is 5.41 Å². The highest BCUT2D eigenvalue weighted by Gasteiger charge is 2.23. The number of hydrogen-bond donors (Lipinski definition) is 3. The topological polar surface area (TPSA) is 78.4 Å². The van der Waals surface area contributed by atoms with E-state index in [0.717, 1.165) is 0 Å². The standard InChI is InChI=1S/C11H22N2O3/c1-6-8(9(14)15)13-10(16)12-7(2)11(3,4)5/h7-8H,6H2,1-5H3,(H,14,15)(H2,12,13,16)/t7?,8-/m1/s1. The molecule has 0 aromatic carbocycles. The second-order valence-electron chi connectivity index (χ2n) is 5.00. The molecule has 1 unspecified atom stereocenters. The summed E-state index contributed by atoms with van der Waals surface area (Å²) < 4.78 is 0. The fourth-order valence-electron chi connectivity index (χ4n) is 0.951. The minimum atomic E-state index is -1.01. The summed E-state index contributed by atoms with van der Waals surface area (Å²) in [5.41, 5.74) is -0.0533. The second-order valence-corrected chi connectivity index (χ2v) is 5.00. The summed E-state index contributed by atoms with van der Waals surface area (Å²) in [4.78, 5) is 22.2. The predicted molar refractivity (Wildman–Crippen MR) is 62.3 cm³/mol. The molecule has 2 atom stereocenters. The maximum atomic E-state index is 11.5. The molecule has 3 N–H and O–H groups in total. The van der Waals surface area contributed by atoms with Gasteiger partial charge in [-0.15, -0.1) is 0 Å². The van der Waals surface area contributed by atoms with Crippen LogP contribution in [0.5, 0.6) is 0 Å². The maximum absolute atomic E-state index is 11.5. The van der Waals surface area contributed by atoms with Gasteiger partial charge in [-0.1, -0.05) is 27.7 Å². The minimum absolute atomic E-state index is 0.0289. The second kappa shape index (κ2) is 5.72. The number of amides is 2. The molecule has 0 aliphatic carbocycles. The normalized spacial score (nSPS) is 15.1. The Kier molecular flexibility index (Phi) is 5.27. The minimum Gasteiger partial charge on any atom is -0.480 e. The number of aliphatic carboxylic acids is 1. The first-order valence-corrected chi connectivity index (χ1v) is 5.48. The maximum Gasteiger partial charge on any atom is 0.326 e. The van der Waals surface area contributed by atoms with E-state index >= 15 is 0 Å². The third kappa shape index (κ3) is 5.00. The SMILES string of the molecule is CC[C@@H](NC(=O)NC(C)C(C)(C)C)C(=O)O. The molecule has 0 aliphatic rings. The molecule has 0 fully saturated rings. The van der Waals surface area contributed by atoms with E-state index < -0.39 is 18.0 Å². The number of carbonyl (C=O) groups excluding carboxylic acids is 1. The Morgan fingerprint density at radius 3 is 2.06 bits per heavy atom. The van der Waals surface area contributed by atoms with E-state index in [-0.39, 0.29) is 11.5 Å². The summed E-state index contributed by atoms with van der Waals surface area (Å²) in [7, 11) is 0. The smallest absolute Gasteiger partial charge is 0.326 e. The number of carboxylic acids is 1. The first-order valence-electron chi connectivity index (χ1n) is 5.48. The zero-order chi connectivity index (χ0) is 12.9. The molecule has 0 saturated heterocycles. The average Bonchev–Trinajstić information content (AvgIpc) is 2.11. The highest BCUT2D eigenvalue weighted by molar-refractivity contribution is 5.82. The summed E-state index contributed by atoms with van der Waals surface area (Å²) >= 11 is 0. The number of carboxylic acid groups (broad SMARTS) is 1. The molecule has 5 heteroatoms. The third-order valence-electron chi connectivity index (χ3n) is 2.66. The van der Waals surface area contributed by atoms with Crippen molar-refractivity contribution in [3.63, 3.8) is 0 Å². The number of carbonyl (C=O) groups is 2. The Labute approximate surface area is 96.6 Å². The van der Waals surface area contributed by atoms with Crippen LogP contribution < -0.4 is 10.6 Å². The Bertz CT molecular complexity index is 258. The van der Waals surface area contributed by atoms with Crippen LogP contribution in [0.15, 0.2) is 0 Å². The summed E-state index contributed by atoms with van der Waals surface area (Å²) in [6, 6.07) is -1.29. The quantitative estimate of drug-likeness (QED) is 0.686. The molecule has 0 spiro atoms. The van der Waals surface area contributed by atoms with Crippen LogP contribution in [0.1, 0.15) is 41.0 Å². The Balaban J connectivity index is 4.23. The molecular formula is C11H22N2O3. The highest BCUT2D eigenvalue weighted by atomic mass is 16.4. The van der Waals surface area contributed by atoms with E-state index in [1.54, 1.807) is 6.92 Å². The Morgan fingerprint density at radius 1 is 1.25 bits per heavy atom. The summed E-state index contributed by atoms with van der Waals surface area (Å²) in [6.45, 7) is 9.62. The van der Waals surface area contributed by atoms with E-state index in [0.29, 0.717) is 6.42 Å². The van der Waals surface area contributed by atoms with Crippen molar-refractivity contribution in [1.82, 2.24) is 10.6 Å². The van der Waals surface area contributed by atoms with Crippen LogP contribution >= 0.6 is 0 Å². The molecule has 5 nitrogen and oxygen atoms in total. The van der Waals surface area contributed by atoms with Gasteiger partial charge in [-0.3, -0.25) is 0 Å². The van der Waals surface area contributed by atoms with Crippen molar-refractivity contribution in [2.75, 3.05) is 0 Å². The van der Waals surface area contributed by atoms with Crippen molar-refractivity contribution in [3.8, 4) is 0 Å². The fraction of sp³-hybridized carbons (Fsp3) is 0.818. The third-order valence-corrected chi connectivity index (χ3v) is 2.66. The molecule has 0 rings (SSSR count). The van der Waals surface area contributed by atoms with Crippen molar-refractivity contribution in [2.45, 2.75) is 53.1 Å². The average molecular weight is 230 g/mol. The monoisotopic (exact) mass is 230 g/mol. The molecule has 0 radical (unpaired) electrons. The van der Waals surface area contributed by atoms with Crippen LogP contribution in [0.25, 0.3) is 0 Å². The van der Waals surface area contributed by atoms with Crippen LogP contribution in [0.4, 0.5) is 4.79 Å². The Hall–Kier alpha value is -1.26. The van der Waals surface area contributed by atoms with Crippen molar-refractivity contribution in [1.29, 1.82) is 0 Å². The summed E-state index contributed by atoms with van der Waals surface area (Å²) in [5.74, 6) is -1.01. The largest absolute Gasteiger partial charge is 0.480 e. The van der Waals surface area contributed by atoms with Crippen LogP contribution in [0.3, 0.4) is 0 Å². The molecule has 94 valence electrons. The lowest BCUT2D eigenvalue weighted by molar-refractivity contribution is -0.139. The van der Waals surface area contributed by atoms with Gasteiger partial charge < -0.3 is 15.7 Å². The van der Waals surface area contributed by atoms with Gasteiger partial charge in [-0.25, -0.2) is 9.59 Å². The lowest BCUT2D eigenvalue weighted by atomic mass is 9.88. The first kappa shape index (κ1) is 14.7. The highest BCUT2D eigenvalue weighted by Crippen LogP contribution is 2.18. The molecule has 0 aromatic heterocycles. The van der Waals surface area contributed by atoms with Gasteiger partial charge in [0.1, 0.15) is 6.04 Å². The molecule has 16 heavy (non-hydrogen) atoms. The van der Waals surface area contributed by atoms with Crippen molar-refractivity contribution < 1.29 is 14.7 Å². The van der Waals surface area contributed by atoms with E-state index in [1.165, 1.54) is 0 Å². The number of hydrogen-bond acceptors (Lipinski definition) is 2. The van der Waals surface area contributed by atoms with E-state index in [1.807, 2.05) is 27.7 Å². The van der Waals surface area contributed by atoms with Crippen molar-refractivity contribution in [3.05, 3.63) is 0 Å². The van der Waals surface area contributed by atoms with E-state index in [9.17, 15) is 9.59 Å².